The Hall–Kier alpha value is -2.70. The van der Waals surface area contributed by atoms with Crippen molar-refractivity contribution < 1.29 is 9.05 Å². The monoisotopic (exact) mass is 679 g/mol. The molecule has 1 fully saturated rings. The van der Waals surface area contributed by atoms with Crippen LogP contribution in [0.1, 0.15) is 101 Å². The van der Waals surface area contributed by atoms with Crippen LogP contribution in [-0.2, 0) is 17.3 Å². The summed E-state index contributed by atoms with van der Waals surface area (Å²) in [7, 11) is 0.293. The second kappa shape index (κ2) is 13.9. The Labute approximate surface area is 293 Å². The quantitative estimate of drug-likeness (QED) is 0.189. The van der Waals surface area contributed by atoms with E-state index < -0.39 is 16.4 Å². The van der Waals surface area contributed by atoms with Crippen LogP contribution in [0, 0.1) is 19.8 Å². The number of benzene rings is 4. The number of aryl methyl sites for hydroxylation is 2. The van der Waals surface area contributed by atoms with Gasteiger partial charge >= 0.3 is 8.53 Å². The molecule has 3 nitrogen and oxygen atoms in total. The summed E-state index contributed by atoms with van der Waals surface area (Å²) in [6.07, 6.45) is 4.54. The molecule has 6 rings (SSSR count). The molecule has 0 amide bonds. The fraction of sp³-hybridized carbons (Fsp3) is 0.442. The minimum Gasteiger partial charge on any atom is -0.426 e. The molecule has 48 heavy (non-hydrogen) atoms. The molecule has 2 aliphatic rings. The second-order valence-electron chi connectivity index (χ2n) is 16.2. The van der Waals surface area contributed by atoms with E-state index in [4.69, 9.17) is 9.05 Å². The average molecular weight is 680 g/mol. The molecular formula is C43H55NO2P2. The third kappa shape index (κ3) is 7.26. The van der Waals surface area contributed by atoms with E-state index in [0.717, 1.165) is 17.9 Å². The van der Waals surface area contributed by atoms with Crippen LogP contribution < -0.4 is 19.7 Å². The lowest BCUT2D eigenvalue weighted by atomic mass is 9.81. The van der Waals surface area contributed by atoms with E-state index in [-0.39, 0.29) is 16.9 Å². The highest BCUT2D eigenvalue weighted by Gasteiger charge is 2.43. The number of rotatable bonds is 6. The van der Waals surface area contributed by atoms with Crippen molar-refractivity contribution >= 4 is 27.1 Å². The molecular weight excluding hydrogens is 624 g/mol. The largest absolute Gasteiger partial charge is 0.426 e. The van der Waals surface area contributed by atoms with Gasteiger partial charge in [-0.3, -0.25) is 0 Å². The average Bonchev–Trinajstić information content (AvgIpc) is 3.50. The van der Waals surface area contributed by atoms with Gasteiger partial charge in [0.05, 0.1) is 0 Å². The fourth-order valence-electron chi connectivity index (χ4n) is 7.79. The molecule has 254 valence electrons. The number of hydrogen-bond acceptors (Lipinski definition) is 3. The van der Waals surface area contributed by atoms with Crippen molar-refractivity contribution in [1.29, 1.82) is 0 Å². The normalized spacial score (nSPS) is 19.2. The summed E-state index contributed by atoms with van der Waals surface area (Å²) in [5.41, 5.74) is 8.07. The first-order valence-electron chi connectivity index (χ1n) is 17.8. The van der Waals surface area contributed by atoms with Crippen molar-refractivity contribution in [3.05, 3.63) is 118 Å². The van der Waals surface area contributed by atoms with Gasteiger partial charge < -0.3 is 9.05 Å². The van der Waals surface area contributed by atoms with Crippen molar-refractivity contribution in [2.45, 2.75) is 111 Å². The SMILES string of the molecule is Cc1cc2c(c(C(C)(C)C)c1)OP(N(C)[C@@H](C)C1CCCC1P(c1ccccc1)c1ccccc1)Oc1c(cc(C)cc1C(C)(C)C)C2. The molecule has 3 atom stereocenters. The van der Waals surface area contributed by atoms with Gasteiger partial charge in [0, 0.05) is 23.6 Å². The predicted octanol–water partition coefficient (Wildman–Crippen LogP) is 11.1. The maximum atomic E-state index is 7.29. The Kier molecular flexibility index (Phi) is 10.2. The summed E-state index contributed by atoms with van der Waals surface area (Å²) in [4.78, 5) is 0. The summed E-state index contributed by atoms with van der Waals surface area (Å²) in [6.45, 7) is 20.7. The molecule has 1 aliphatic carbocycles. The van der Waals surface area contributed by atoms with Crippen LogP contribution in [0.15, 0.2) is 84.9 Å². The molecule has 0 aromatic heterocycles. The van der Waals surface area contributed by atoms with Gasteiger partial charge in [0.25, 0.3) is 0 Å². The van der Waals surface area contributed by atoms with E-state index in [1.165, 1.54) is 63.3 Å². The van der Waals surface area contributed by atoms with Gasteiger partial charge in [0.15, 0.2) is 0 Å². The summed E-state index contributed by atoms with van der Waals surface area (Å²) in [5, 5.41) is 2.96. The zero-order valence-corrected chi connectivity index (χ0v) is 32.6. The van der Waals surface area contributed by atoms with E-state index in [1.807, 2.05) is 0 Å². The first kappa shape index (κ1) is 35.1. The van der Waals surface area contributed by atoms with Gasteiger partial charge in [0.2, 0.25) is 0 Å². The van der Waals surface area contributed by atoms with Crippen molar-refractivity contribution in [3.63, 3.8) is 0 Å². The van der Waals surface area contributed by atoms with Crippen LogP contribution in [-0.4, -0.2) is 23.4 Å². The molecule has 1 aliphatic heterocycles. The Morgan fingerprint density at radius 2 is 1.17 bits per heavy atom. The van der Waals surface area contributed by atoms with Gasteiger partial charge in [0.1, 0.15) is 11.5 Å². The lowest BCUT2D eigenvalue weighted by Crippen LogP contribution is -2.39. The molecule has 4 aromatic rings. The van der Waals surface area contributed by atoms with Gasteiger partial charge in [-0.1, -0.05) is 144 Å². The third-order valence-electron chi connectivity index (χ3n) is 10.4. The lowest BCUT2D eigenvalue weighted by Gasteiger charge is -2.40. The molecule has 0 bridgehead atoms. The highest BCUT2D eigenvalue weighted by molar-refractivity contribution is 7.73. The predicted molar refractivity (Wildman–Crippen MR) is 208 cm³/mol. The smallest absolute Gasteiger partial charge is 0.384 e. The van der Waals surface area contributed by atoms with Crippen LogP contribution in [0.5, 0.6) is 11.5 Å². The zero-order chi connectivity index (χ0) is 34.4. The molecule has 1 saturated carbocycles. The van der Waals surface area contributed by atoms with Gasteiger partial charge in [-0.2, -0.15) is 0 Å². The molecule has 5 heteroatoms. The zero-order valence-electron chi connectivity index (χ0n) is 30.8. The standard InChI is InChI=1S/C43H55NO2P2/c1-29-24-32-28-33-25-30(2)27-38(43(7,8)9)41(33)46-48(45-40(32)37(26-29)42(4,5)6)44(10)31(3)36-22-17-23-39(36)47(34-18-13-11-14-19-34)35-20-15-12-16-21-35/h11-16,18-21,24-27,31,36,39H,17,22-23,28H2,1-10H3/t31-,36?,39?/m0/s1. The minimum atomic E-state index is -1.46. The maximum absolute atomic E-state index is 7.29. The van der Waals surface area contributed by atoms with E-state index >= 15 is 0 Å². The highest BCUT2D eigenvalue weighted by atomic mass is 31.2. The van der Waals surface area contributed by atoms with Crippen molar-refractivity contribution in [1.82, 2.24) is 4.67 Å². The molecule has 2 unspecified atom stereocenters. The van der Waals surface area contributed by atoms with Crippen molar-refractivity contribution in [3.8, 4) is 11.5 Å². The van der Waals surface area contributed by atoms with Gasteiger partial charge in [-0.15, -0.1) is 0 Å². The van der Waals surface area contributed by atoms with Crippen LogP contribution in [0.4, 0.5) is 0 Å². The Bertz CT molecular complexity index is 1610. The molecule has 1 heterocycles. The molecule has 0 spiro atoms. The van der Waals surface area contributed by atoms with Crippen LogP contribution >= 0.6 is 16.4 Å². The topological polar surface area (TPSA) is 21.7 Å². The number of fused-ring (bicyclic) bond motifs is 2. The van der Waals surface area contributed by atoms with Crippen molar-refractivity contribution in [2.24, 2.45) is 5.92 Å². The molecule has 4 aromatic carbocycles. The summed E-state index contributed by atoms with van der Waals surface area (Å²) in [5.74, 6) is 2.56. The first-order chi connectivity index (χ1) is 22.7. The summed E-state index contributed by atoms with van der Waals surface area (Å²) in [6, 6.07) is 32.2. The Balaban J connectivity index is 1.44. The highest BCUT2D eigenvalue weighted by Crippen LogP contribution is 2.57. The number of hydrogen-bond donors (Lipinski definition) is 0. The van der Waals surface area contributed by atoms with Gasteiger partial charge in [-0.25, -0.2) is 4.67 Å². The second-order valence-corrected chi connectivity index (χ2v) is 20.1. The third-order valence-corrected chi connectivity index (χ3v) is 14.9. The van der Waals surface area contributed by atoms with E-state index in [1.54, 1.807) is 0 Å². The minimum absolute atomic E-state index is 0.0652. The van der Waals surface area contributed by atoms with Gasteiger partial charge in [-0.05, 0) is 92.7 Å². The van der Waals surface area contributed by atoms with Crippen LogP contribution in [0.3, 0.4) is 0 Å². The fourth-order valence-corrected chi connectivity index (χ4v) is 12.6. The Morgan fingerprint density at radius 3 is 1.60 bits per heavy atom. The molecule has 0 saturated heterocycles. The number of nitrogens with zero attached hydrogens (tertiary/aromatic N) is 1. The Morgan fingerprint density at radius 1 is 0.708 bits per heavy atom. The van der Waals surface area contributed by atoms with E-state index in [2.05, 4.69) is 159 Å². The van der Waals surface area contributed by atoms with Crippen LogP contribution in [0.2, 0.25) is 0 Å². The molecule has 0 radical (unpaired) electrons. The summed E-state index contributed by atoms with van der Waals surface area (Å²) >= 11 is 0. The van der Waals surface area contributed by atoms with Crippen molar-refractivity contribution in [2.75, 3.05) is 7.05 Å². The lowest BCUT2D eigenvalue weighted by molar-refractivity contribution is 0.263. The maximum Gasteiger partial charge on any atom is 0.384 e. The van der Waals surface area contributed by atoms with Crippen LogP contribution in [0.25, 0.3) is 0 Å². The first-order valence-corrected chi connectivity index (χ1v) is 20.3. The molecule has 0 N–H and O–H groups in total. The van der Waals surface area contributed by atoms with E-state index in [0.29, 0.717) is 11.6 Å². The summed E-state index contributed by atoms with van der Waals surface area (Å²) < 4.78 is 17.0. The van der Waals surface area contributed by atoms with E-state index in [9.17, 15) is 0 Å².